The van der Waals surface area contributed by atoms with Gasteiger partial charge in [0.15, 0.2) is 0 Å². The van der Waals surface area contributed by atoms with Crippen LogP contribution < -0.4 is 5.32 Å². The number of carboxylic acid groups (broad SMARTS) is 1. The molecule has 2 N–H and O–H groups in total. The fourth-order valence-electron chi connectivity index (χ4n) is 1.94. The van der Waals surface area contributed by atoms with Crippen LogP contribution in [0.5, 0.6) is 0 Å². The zero-order valence-electron chi connectivity index (χ0n) is 8.25. The monoisotopic (exact) mass is 185 g/mol. The van der Waals surface area contributed by atoms with E-state index in [0.717, 1.165) is 25.7 Å². The normalized spacial score (nSPS) is 20.4. The van der Waals surface area contributed by atoms with Crippen molar-refractivity contribution in [2.45, 2.75) is 57.5 Å². The molecule has 76 valence electrons. The lowest BCUT2D eigenvalue weighted by Gasteiger charge is -2.18. The zero-order chi connectivity index (χ0) is 9.68. The molecule has 1 saturated carbocycles. The summed E-state index contributed by atoms with van der Waals surface area (Å²) in [6.07, 6.45) is 6.45. The molecular formula is C10H19NO2. The summed E-state index contributed by atoms with van der Waals surface area (Å²) in [5.41, 5.74) is 0. The van der Waals surface area contributed by atoms with Gasteiger partial charge < -0.3 is 10.4 Å². The van der Waals surface area contributed by atoms with Crippen molar-refractivity contribution in [3.63, 3.8) is 0 Å². The Bertz CT molecular complexity index is 164. The highest BCUT2D eigenvalue weighted by Gasteiger charge is 2.22. The number of aliphatic carboxylic acids is 1. The van der Waals surface area contributed by atoms with E-state index in [1.54, 1.807) is 0 Å². The van der Waals surface area contributed by atoms with Crippen LogP contribution in [0.4, 0.5) is 0 Å². The molecular weight excluding hydrogens is 166 g/mol. The molecule has 1 aliphatic carbocycles. The lowest BCUT2D eigenvalue weighted by atomic mass is 10.1. The van der Waals surface area contributed by atoms with E-state index in [4.69, 9.17) is 5.11 Å². The molecule has 0 saturated heterocycles. The quantitative estimate of drug-likeness (QED) is 0.686. The summed E-state index contributed by atoms with van der Waals surface area (Å²) >= 11 is 0. The maximum Gasteiger partial charge on any atom is 0.320 e. The minimum Gasteiger partial charge on any atom is -0.480 e. The summed E-state index contributed by atoms with van der Waals surface area (Å²) < 4.78 is 0. The van der Waals surface area contributed by atoms with Crippen LogP contribution in [0.3, 0.4) is 0 Å². The van der Waals surface area contributed by atoms with Crippen LogP contribution in [-0.2, 0) is 4.79 Å². The zero-order valence-corrected chi connectivity index (χ0v) is 8.25. The van der Waals surface area contributed by atoms with Gasteiger partial charge in [-0.25, -0.2) is 0 Å². The van der Waals surface area contributed by atoms with Gasteiger partial charge in [0, 0.05) is 6.04 Å². The second-order valence-corrected chi connectivity index (χ2v) is 3.83. The molecule has 0 amide bonds. The molecule has 0 aromatic rings. The van der Waals surface area contributed by atoms with Crippen molar-refractivity contribution in [2.75, 3.05) is 0 Å². The molecule has 0 bridgehead atoms. The fraction of sp³-hybridized carbons (Fsp3) is 0.900. The van der Waals surface area contributed by atoms with Crippen molar-refractivity contribution >= 4 is 5.97 Å². The summed E-state index contributed by atoms with van der Waals surface area (Å²) in [7, 11) is 0. The maximum atomic E-state index is 10.8. The van der Waals surface area contributed by atoms with Crippen LogP contribution >= 0.6 is 0 Å². The largest absolute Gasteiger partial charge is 0.480 e. The molecule has 3 heteroatoms. The second-order valence-electron chi connectivity index (χ2n) is 3.83. The first kappa shape index (κ1) is 10.5. The van der Waals surface area contributed by atoms with Crippen LogP contribution in [-0.4, -0.2) is 23.2 Å². The first-order valence-electron chi connectivity index (χ1n) is 5.23. The molecule has 0 aromatic heterocycles. The van der Waals surface area contributed by atoms with E-state index in [0.29, 0.717) is 6.04 Å². The Labute approximate surface area is 79.5 Å². The van der Waals surface area contributed by atoms with Gasteiger partial charge in [-0.05, 0) is 19.3 Å². The van der Waals surface area contributed by atoms with Gasteiger partial charge in [-0.2, -0.15) is 0 Å². The molecule has 0 spiro atoms. The summed E-state index contributed by atoms with van der Waals surface area (Å²) in [4.78, 5) is 10.8. The number of carboxylic acids is 1. The molecule has 0 aromatic carbocycles. The number of hydrogen-bond acceptors (Lipinski definition) is 2. The van der Waals surface area contributed by atoms with Gasteiger partial charge in [0.2, 0.25) is 0 Å². The number of carbonyl (C=O) groups is 1. The third-order valence-corrected chi connectivity index (χ3v) is 2.67. The number of nitrogens with one attached hydrogen (secondary N) is 1. The maximum absolute atomic E-state index is 10.8. The molecule has 1 fully saturated rings. The molecule has 13 heavy (non-hydrogen) atoms. The van der Waals surface area contributed by atoms with E-state index in [1.165, 1.54) is 12.8 Å². The van der Waals surface area contributed by atoms with Crippen LogP contribution in [0.2, 0.25) is 0 Å². The first-order chi connectivity index (χ1) is 6.24. The van der Waals surface area contributed by atoms with Crippen LogP contribution in [0.25, 0.3) is 0 Å². The lowest BCUT2D eigenvalue weighted by Crippen LogP contribution is -2.42. The molecule has 1 rings (SSSR count). The summed E-state index contributed by atoms with van der Waals surface area (Å²) in [6.45, 7) is 2.02. The van der Waals surface area contributed by atoms with Gasteiger partial charge >= 0.3 is 5.97 Å². The molecule has 1 aliphatic rings. The van der Waals surface area contributed by atoms with Crippen molar-refractivity contribution in [3.05, 3.63) is 0 Å². The minimum absolute atomic E-state index is 0.326. The molecule has 3 nitrogen and oxygen atoms in total. The predicted octanol–water partition coefficient (Wildman–Crippen LogP) is 1.77. The molecule has 0 radical (unpaired) electrons. The van der Waals surface area contributed by atoms with E-state index in [-0.39, 0.29) is 6.04 Å². The van der Waals surface area contributed by atoms with E-state index in [9.17, 15) is 4.79 Å². The Hall–Kier alpha value is -0.570. The average Bonchev–Trinajstić information content (AvgIpc) is 2.56. The van der Waals surface area contributed by atoms with Crippen molar-refractivity contribution < 1.29 is 9.90 Å². The van der Waals surface area contributed by atoms with Crippen LogP contribution in [0.15, 0.2) is 0 Å². The highest BCUT2D eigenvalue weighted by Crippen LogP contribution is 2.18. The summed E-state index contributed by atoms with van der Waals surface area (Å²) in [6, 6.07) is 0.126. The molecule has 0 unspecified atom stereocenters. The van der Waals surface area contributed by atoms with Crippen LogP contribution in [0, 0.1) is 0 Å². The Balaban J connectivity index is 2.32. The number of rotatable bonds is 5. The number of hydrogen-bond donors (Lipinski definition) is 2. The highest BCUT2D eigenvalue weighted by atomic mass is 16.4. The Morgan fingerprint density at radius 3 is 2.62 bits per heavy atom. The third kappa shape index (κ3) is 3.35. The Kier molecular flexibility index (Phi) is 4.22. The summed E-state index contributed by atoms with van der Waals surface area (Å²) in [5.74, 6) is -0.700. The third-order valence-electron chi connectivity index (χ3n) is 2.67. The van der Waals surface area contributed by atoms with E-state index >= 15 is 0 Å². The van der Waals surface area contributed by atoms with Crippen molar-refractivity contribution in [1.29, 1.82) is 0 Å². The standard InChI is InChI=1S/C10H19NO2/c1-2-5-9(10(12)13)11-8-6-3-4-7-8/h8-9,11H,2-7H2,1H3,(H,12,13)/t9-/m0/s1. The molecule has 1 atom stereocenters. The van der Waals surface area contributed by atoms with Crippen molar-refractivity contribution in [1.82, 2.24) is 5.32 Å². The van der Waals surface area contributed by atoms with E-state index < -0.39 is 5.97 Å². The van der Waals surface area contributed by atoms with E-state index in [1.807, 2.05) is 6.92 Å². The topological polar surface area (TPSA) is 49.3 Å². The average molecular weight is 185 g/mol. The Morgan fingerprint density at radius 1 is 1.54 bits per heavy atom. The smallest absolute Gasteiger partial charge is 0.320 e. The van der Waals surface area contributed by atoms with E-state index in [2.05, 4.69) is 5.32 Å². The predicted molar refractivity (Wildman–Crippen MR) is 51.7 cm³/mol. The first-order valence-corrected chi connectivity index (χ1v) is 5.23. The van der Waals surface area contributed by atoms with Gasteiger partial charge in [-0.3, -0.25) is 4.79 Å². The fourth-order valence-corrected chi connectivity index (χ4v) is 1.94. The van der Waals surface area contributed by atoms with Gasteiger partial charge in [0.25, 0.3) is 0 Å². The molecule has 0 heterocycles. The highest BCUT2D eigenvalue weighted by molar-refractivity contribution is 5.73. The van der Waals surface area contributed by atoms with Crippen LogP contribution in [0.1, 0.15) is 45.4 Å². The van der Waals surface area contributed by atoms with Gasteiger partial charge in [0.05, 0.1) is 0 Å². The van der Waals surface area contributed by atoms with Gasteiger partial charge in [0.1, 0.15) is 6.04 Å². The SMILES string of the molecule is CCC[C@H](NC1CCCC1)C(=O)O. The minimum atomic E-state index is -0.700. The Morgan fingerprint density at radius 2 is 2.15 bits per heavy atom. The van der Waals surface area contributed by atoms with Gasteiger partial charge in [-0.1, -0.05) is 26.2 Å². The second kappa shape index (κ2) is 5.22. The molecule has 0 aliphatic heterocycles. The van der Waals surface area contributed by atoms with Crippen molar-refractivity contribution in [2.24, 2.45) is 0 Å². The van der Waals surface area contributed by atoms with Gasteiger partial charge in [-0.15, -0.1) is 0 Å². The van der Waals surface area contributed by atoms with Crippen molar-refractivity contribution in [3.8, 4) is 0 Å². The summed E-state index contributed by atoms with van der Waals surface area (Å²) in [5, 5.41) is 12.1. The lowest BCUT2D eigenvalue weighted by molar-refractivity contribution is -0.139.